The van der Waals surface area contributed by atoms with Crippen LogP contribution in [0.1, 0.15) is 49.4 Å². The van der Waals surface area contributed by atoms with Crippen molar-refractivity contribution in [2.75, 3.05) is 0 Å². The fourth-order valence-corrected chi connectivity index (χ4v) is 4.25. The van der Waals surface area contributed by atoms with Crippen molar-refractivity contribution in [1.29, 1.82) is 0 Å². The van der Waals surface area contributed by atoms with E-state index in [1.165, 1.54) is 0 Å². The maximum atomic E-state index is 13.2. The maximum Gasteiger partial charge on any atom is 0.408 e. The minimum atomic E-state index is -0.973. The first kappa shape index (κ1) is 23.5. The lowest BCUT2D eigenvalue weighted by Gasteiger charge is -2.23. The van der Waals surface area contributed by atoms with Gasteiger partial charge in [0.25, 0.3) is 0 Å². The minimum absolute atomic E-state index is 0.230. The van der Waals surface area contributed by atoms with Gasteiger partial charge in [0.2, 0.25) is 0 Å². The van der Waals surface area contributed by atoms with Gasteiger partial charge in [-0.1, -0.05) is 30.3 Å². The average Bonchev–Trinajstić information content (AvgIpc) is 3.26. The van der Waals surface area contributed by atoms with Gasteiger partial charge >= 0.3 is 17.7 Å². The molecular weight excluding hydrogens is 434 g/mol. The van der Waals surface area contributed by atoms with Crippen LogP contribution in [0.2, 0.25) is 0 Å². The Morgan fingerprint density at radius 2 is 1.76 bits per heavy atom. The fraction of sp³-hybridized carbons (Fsp3) is 0.370. The van der Waals surface area contributed by atoms with Gasteiger partial charge in [-0.05, 0) is 70.2 Å². The van der Waals surface area contributed by atoms with Crippen molar-refractivity contribution >= 4 is 23.0 Å². The van der Waals surface area contributed by atoms with Crippen LogP contribution in [0.4, 0.5) is 4.79 Å². The largest absolute Gasteiger partial charge is 0.444 e. The minimum Gasteiger partial charge on any atom is -0.444 e. The van der Waals surface area contributed by atoms with E-state index in [0.717, 1.165) is 41.3 Å². The number of carbonyl (C=O) groups excluding carboxylic acids is 2. The maximum absolute atomic E-state index is 13.2. The quantitative estimate of drug-likeness (QED) is 0.337. The lowest BCUT2D eigenvalue weighted by atomic mass is 10.0. The molecule has 7 nitrogen and oxygen atoms in total. The number of nitrogens with one attached hydrogen (secondary N) is 1. The molecule has 0 radical (unpaired) electrons. The first-order valence-electron chi connectivity index (χ1n) is 11.5. The molecule has 2 aromatic carbocycles. The number of esters is 1. The lowest BCUT2D eigenvalue weighted by molar-refractivity contribution is -0.136. The Morgan fingerprint density at radius 1 is 1.06 bits per heavy atom. The molecule has 7 heteroatoms. The van der Waals surface area contributed by atoms with Gasteiger partial charge in [-0.2, -0.15) is 0 Å². The second kappa shape index (κ2) is 9.33. The van der Waals surface area contributed by atoms with E-state index in [2.05, 4.69) is 5.32 Å². The number of aryl methyl sites for hydroxylation is 2. The number of hydrogen-bond donors (Lipinski definition) is 1. The summed E-state index contributed by atoms with van der Waals surface area (Å²) in [4.78, 5) is 38.0. The van der Waals surface area contributed by atoms with Crippen LogP contribution in [0.25, 0.3) is 11.0 Å². The molecule has 1 atom stereocenters. The molecule has 0 bridgehead atoms. The van der Waals surface area contributed by atoms with Gasteiger partial charge in [-0.25, -0.2) is 14.4 Å². The Labute approximate surface area is 198 Å². The van der Waals surface area contributed by atoms with E-state index in [9.17, 15) is 14.4 Å². The highest BCUT2D eigenvalue weighted by atomic mass is 16.6. The molecule has 34 heavy (non-hydrogen) atoms. The Balaban J connectivity index is 1.61. The van der Waals surface area contributed by atoms with E-state index in [0.29, 0.717) is 11.1 Å². The number of alkyl carbamates (subject to hydrolysis) is 1. The summed E-state index contributed by atoms with van der Waals surface area (Å²) in [6, 6.07) is 11.9. The van der Waals surface area contributed by atoms with E-state index in [-0.39, 0.29) is 17.8 Å². The fourth-order valence-electron chi connectivity index (χ4n) is 4.25. The van der Waals surface area contributed by atoms with Crippen molar-refractivity contribution < 1.29 is 23.5 Å². The summed E-state index contributed by atoms with van der Waals surface area (Å²) in [5.74, 6) is -0.358. The zero-order valence-electron chi connectivity index (χ0n) is 19.9. The predicted octanol–water partition coefficient (Wildman–Crippen LogP) is 4.63. The predicted molar refractivity (Wildman–Crippen MR) is 128 cm³/mol. The number of rotatable bonds is 5. The summed E-state index contributed by atoms with van der Waals surface area (Å²) < 4.78 is 16.6. The third kappa shape index (κ3) is 5.14. The third-order valence-corrected chi connectivity index (χ3v) is 5.81. The van der Waals surface area contributed by atoms with Crippen molar-refractivity contribution in [3.05, 3.63) is 75.1 Å². The smallest absolute Gasteiger partial charge is 0.408 e. The highest BCUT2D eigenvalue weighted by Gasteiger charge is 2.28. The zero-order chi connectivity index (χ0) is 24.5. The van der Waals surface area contributed by atoms with Gasteiger partial charge in [-0.15, -0.1) is 0 Å². The summed E-state index contributed by atoms with van der Waals surface area (Å²) in [6.45, 7) is 7.00. The van der Waals surface area contributed by atoms with Crippen molar-refractivity contribution in [1.82, 2.24) is 5.32 Å². The van der Waals surface area contributed by atoms with Crippen molar-refractivity contribution in [3.8, 4) is 5.75 Å². The molecule has 178 valence electrons. The first-order chi connectivity index (χ1) is 16.1. The average molecular weight is 464 g/mol. The molecule has 1 heterocycles. The lowest BCUT2D eigenvalue weighted by Crippen LogP contribution is -2.46. The van der Waals surface area contributed by atoms with E-state index in [1.54, 1.807) is 33.8 Å². The highest BCUT2D eigenvalue weighted by molar-refractivity contribution is 5.88. The Hall–Kier alpha value is -3.61. The number of hydrogen-bond acceptors (Lipinski definition) is 6. The van der Waals surface area contributed by atoms with Crippen LogP contribution in [0.3, 0.4) is 0 Å². The Morgan fingerprint density at radius 3 is 2.47 bits per heavy atom. The molecular formula is C27H29NO6. The second-order valence-electron chi connectivity index (χ2n) is 9.58. The van der Waals surface area contributed by atoms with Crippen LogP contribution in [0, 0.1) is 6.92 Å². The number of amides is 1. The van der Waals surface area contributed by atoms with Gasteiger partial charge in [-0.3, -0.25) is 0 Å². The molecule has 1 aliphatic rings. The van der Waals surface area contributed by atoms with E-state index in [4.69, 9.17) is 13.9 Å². The molecule has 0 saturated carbocycles. The van der Waals surface area contributed by atoms with Crippen LogP contribution >= 0.6 is 0 Å². The molecule has 0 saturated heterocycles. The molecule has 1 aromatic heterocycles. The molecule has 1 amide bonds. The van der Waals surface area contributed by atoms with Gasteiger partial charge in [0.05, 0.1) is 0 Å². The van der Waals surface area contributed by atoms with E-state index in [1.807, 2.05) is 36.4 Å². The van der Waals surface area contributed by atoms with Crippen LogP contribution in [0.5, 0.6) is 5.75 Å². The first-order valence-corrected chi connectivity index (χ1v) is 11.5. The van der Waals surface area contributed by atoms with Gasteiger partial charge in [0, 0.05) is 22.9 Å². The molecule has 1 N–H and O–H groups in total. The molecule has 0 spiro atoms. The topological polar surface area (TPSA) is 94.8 Å². The standard InChI is InChI=1S/C27H29NO6/c1-16-22(14-13-19-18-11-8-12-20(18)24(29)33-23(16)19)32-25(30)21(15-17-9-6-5-7-10-17)28-26(31)34-27(2,3)4/h5-7,9-10,13-14,21H,8,11-12,15H2,1-4H3,(H,28,31)/t21-/m1/s1. The monoisotopic (exact) mass is 463 g/mol. The third-order valence-electron chi connectivity index (χ3n) is 5.81. The summed E-state index contributed by atoms with van der Waals surface area (Å²) in [7, 11) is 0. The van der Waals surface area contributed by atoms with E-state index < -0.39 is 23.7 Å². The van der Waals surface area contributed by atoms with Crippen molar-refractivity contribution in [2.24, 2.45) is 0 Å². The summed E-state index contributed by atoms with van der Waals surface area (Å²) in [5, 5.41) is 3.50. The van der Waals surface area contributed by atoms with Crippen molar-refractivity contribution in [2.45, 2.75) is 65.0 Å². The summed E-state index contributed by atoms with van der Waals surface area (Å²) in [5.41, 5.74) is 2.56. The second-order valence-corrected chi connectivity index (χ2v) is 9.58. The normalized spacial score (nSPS) is 13.9. The van der Waals surface area contributed by atoms with Crippen LogP contribution in [-0.4, -0.2) is 23.7 Å². The molecule has 4 rings (SSSR count). The van der Waals surface area contributed by atoms with Crippen LogP contribution in [-0.2, 0) is 28.8 Å². The van der Waals surface area contributed by atoms with E-state index >= 15 is 0 Å². The van der Waals surface area contributed by atoms with Gasteiger partial charge in [0.1, 0.15) is 23.0 Å². The molecule has 0 unspecified atom stereocenters. The van der Waals surface area contributed by atoms with Crippen LogP contribution < -0.4 is 15.7 Å². The Kier molecular flexibility index (Phi) is 6.46. The Bertz CT molecular complexity index is 1290. The SMILES string of the molecule is Cc1c(OC(=O)[C@@H](Cc2ccccc2)NC(=O)OC(C)(C)C)ccc2c3c(c(=O)oc12)CCC3. The van der Waals surface area contributed by atoms with Crippen molar-refractivity contribution in [3.63, 3.8) is 0 Å². The summed E-state index contributed by atoms with van der Waals surface area (Å²) in [6.07, 6.45) is 2.00. The molecule has 0 aliphatic heterocycles. The van der Waals surface area contributed by atoms with Gasteiger partial charge < -0.3 is 19.2 Å². The number of carbonyl (C=O) groups is 2. The van der Waals surface area contributed by atoms with Gasteiger partial charge in [0.15, 0.2) is 0 Å². The summed E-state index contributed by atoms with van der Waals surface area (Å²) >= 11 is 0. The molecule has 0 fully saturated rings. The number of fused-ring (bicyclic) bond motifs is 3. The molecule has 1 aliphatic carbocycles. The highest BCUT2D eigenvalue weighted by Crippen LogP contribution is 2.33. The number of ether oxygens (including phenoxy) is 2. The van der Waals surface area contributed by atoms with Crippen LogP contribution in [0.15, 0.2) is 51.7 Å². The zero-order valence-corrected chi connectivity index (χ0v) is 19.9. The molecule has 3 aromatic rings. The number of benzene rings is 2.